The average Bonchev–Trinajstić information content (AvgIpc) is 3.24. The van der Waals surface area contributed by atoms with Gasteiger partial charge >= 0.3 is 0 Å². The Balaban J connectivity index is 1.62. The predicted molar refractivity (Wildman–Crippen MR) is 169 cm³/mol. The molecule has 1 aliphatic rings. The highest BCUT2D eigenvalue weighted by atomic mass is 28.3. The van der Waals surface area contributed by atoms with Crippen LogP contribution in [0.1, 0.15) is 25.3 Å². The van der Waals surface area contributed by atoms with Crippen LogP contribution in [0.2, 0.25) is 19.6 Å². The molecule has 0 unspecified atom stereocenters. The first-order valence-electron chi connectivity index (χ1n) is 13.7. The topological polar surface area (TPSA) is 12.9 Å². The molecule has 0 saturated heterocycles. The highest BCUT2D eigenvalue weighted by molar-refractivity contribution is 7.22. The number of fused-ring (bicyclic) bond motifs is 3. The number of hydrogen-bond acceptors (Lipinski definition) is 1. The van der Waals surface area contributed by atoms with E-state index in [4.69, 9.17) is 4.98 Å². The summed E-state index contributed by atoms with van der Waals surface area (Å²) in [4.78, 5) is 5.01. The van der Waals surface area contributed by atoms with Gasteiger partial charge in [-0.25, -0.2) is 0 Å². The molecule has 38 heavy (non-hydrogen) atoms. The van der Waals surface area contributed by atoms with Crippen LogP contribution in [0, 0.1) is 0 Å². The van der Waals surface area contributed by atoms with Crippen molar-refractivity contribution in [2.24, 2.45) is 0 Å². The first kappa shape index (κ1) is 24.8. The fraction of sp³-hybridized carbons (Fsp3) is 0.171. The Bertz CT molecular complexity index is 1580. The van der Waals surface area contributed by atoms with Crippen molar-refractivity contribution < 1.29 is 0 Å². The van der Waals surface area contributed by atoms with Crippen molar-refractivity contribution in [3.63, 3.8) is 0 Å². The summed E-state index contributed by atoms with van der Waals surface area (Å²) in [5, 5.41) is 7.35. The third kappa shape index (κ3) is 3.84. The van der Waals surface area contributed by atoms with Crippen molar-refractivity contribution in [2.75, 3.05) is 0 Å². The zero-order chi connectivity index (χ0) is 26.5. The summed E-state index contributed by atoms with van der Waals surface area (Å²) >= 11 is 0. The average molecular weight is 526 g/mol. The largest absolute Gasteiger partial charge is 0.256 e. The molecule has 3 heteroatoms. The first-order chi connectivity index (χ1) is 18.3. The van der Waals surface area contributed by atoms with Crippen LogP contribution in [0.4, 0.5) is 0 Å². The summed E-state index contributed by atoms with van der Waals surface area (Å²) in [6, 6.07) is 41.0. The van der Waals surface area contributed by atoms with Crippen molar-refractivity contribution in [3.8, 4) is 22.4 Å². The molecule has 1 nitrogen and oxygen atoms in total. The van der Waals surface area contributed by atoms with Gasteiger partial charge in [0.1, 0.15) is 0 Å². The van der Waals surface area contributed by atoms with E-state index in [0.29, 0.717) is 5.92 Å². The lowest BCUT2D eigenvalue weighted by Crippen LogP contribution is -2.72. The molecule has 4 aromatic carbocycles. The smallest absolute Gasteiger partial charge is 0.180 e. The summed E-state index contributed by atoms with van der Waals surface area (Å²) < 4.78 is 0. The lowest BCUT2D eigenvalue weighted by atomic mass is 10.00. The van der Waals surface area contributed by atoms with Crippen LogP contribution in [0.15, 0.2) is 115 Å². The lowest BCUT2D eigenvalue weighted by Gasteiger charge is -2.31. The van der Waals surface area contributed by atoms with Gasteiger partial charge in [-0.15, -0.1) is 0 Å². The van der Waals surface area contributed by atoms with Gasteiger partial charge < -0.3 is 0 Å². The van der Waals surface area contributed by atoms with Crippen molar-refractivity contribution in [3.05, 3.63) is 121 Å². The number of rotatable bonds is 5. The minimum Gasteiger partial charge on any atom is -0.256 e. The van der Waals surface area contributed by atoms with Gasteiger partial charge in [0.15, 0.2) is 8.07 Å². The van der Waals surface area contributed by atoms with Gasteiger partial charge in [0.25, 0.3) is 0 Å². The maximum Gasteiger partial charge on any atom is 0.180 e. The van der Waals surface area contributed by atoms with Gasteiger partial charge in [0.2, 0.25) is 0 Å². The monoisotopic (exact) mass is 525 g/mol. The summed E-state index contributed by atoms with van der Waals surface area (Å²) in [6.07, 6.45) is 2.14. The van der Waals surface area contributed by atoms with Crippen LogP contribution in [0.3, 0.4) is 0 Å². The van der Waals surface area contributed by atoms with E-state index >= 15 is 0 Å². The second-order valence-corrected chi connectivity index (χ2v) is 20.6. The Labute approximate surface area is 229 Å². The molecule has 0 fully saturated rings. The maximum atomic E-state index is 5.01. The lowest BCUT2D eigenvalue weighted by molar-refractivity contribution is 0.864. The molecular weight excluding hydrogens is 491 g/mol. The SMILES string of the molecule is CC(C)c1cnc(-c2ccc3c(c2)-c2ccccc2[Si]3(c2ccccc2)c2ccccc2)cc1[Si](C)(C)C. The van der Waals surface area contributed by atoms with Crippen molar-refractivity contribution in [2.45, 2.75) is 39.4 Å². The molecule has 0 spiro atoms. The van der Waals surface area contributed by atoms with Crippen molar-refractivity contribution >= 4 is 42.1 Å². The van der Waals surface area contributed by atoms with Gasteiger partial charge in [-0.1, -0.05) is 136 Å². The van der Waals surface area contributed by atoms with Gasteiger partial charge in [-0.05, 0) is 55.5 Å². The predicted octanol–water partition coefficient (Wildman–Crippen LogP) is 5.78. The molecule has 0 N–H and O–H groups in total. The second-order valence-electron chi connectivity index (χ2n) is 11.8. The van der Waals surface area contributed by atoms with E-state index in [0.717, 1.165) is 5.69 Å². The summed E-state index contributed by atoms with van der Waals surface area (Å²) in [5.41, 5.74) is 6.43. The molecule has 2 heterocycles. The standard InChI is InChI=1S/C35H35NSi2/c1-25(2)31-24-36-32(23-35(31)37(3,4)5)26-20-21-34-30(22-26)29-18-12-13-19-33(29)38(34,27-14-8-6-9-15-27)28-16-10-7-11-17-28/h6-25H,1-5H3. The molecule has 0 saturated carbocycles. The Morgan fingerprint density at radius 2 is 1.21 bits per heavy atom. The number of pyridine rings is 1. The Hall–Kier alpha value is -3.54. The number of hydrogen-bond donors (Lipinski definition) is 0. The Morgan fingerprint density at radius 3 is 1.82 bits per heavy atom. The quantitative estimate of drug-likeness (QED) is 0.260. The van der Waals surface area contributed by atoms with Crippen LogP contribution in [-0.4, -0.2) is 21.1 Å². The third-order valence-corrected chi connectivity index (χ3v) is 15.1. The van der Waals surface area contributed by atoms with Crippen LogP contribution in [-0.2, 0) is 0 Å². The minimum absolute atomic E-state index is 0.480. The second kappa shape index (κ2) is 9.34. The fourth-order valence-electron chi connectivity index (χ4n) is 6.34. The van der Waals surface area contributed by atoms with Gasteiger partial charge in [-0.3, -0.25) is 4.98 Å². The normalized spacial score (nSPS) is 13.8. The van der Waals surface area contributed by atoms with E-state index in [9.17, 15) is 0 Å². The highest BCUT2D eigenvalue weighted by Crippen LogP contribution is 2.32. The van der Waals surface area contributed by atoms with Gasteiger partial charge in [-0.2, -0.15) is 0 Å². The molecular formula is C35H35NSi2. The van der Waals surface area contributed by atoms with Crippen LogP contribution < -0.4 is 25.9 Å². The van der Waals surface area contributed by atoms with E-state index in [2.05, 4.69) is 149 Å². The molecule has 1 aromatic heterocycles. The number of benzene rings is 4. The van der Waals surface area contributed by atoms with Crippen molar-refractivity contribution in [1.29, 1.82) is 0 Å². The number of aromatic nitrogens is 1. The highest BCUT2D eigenvalue weighted by Gasteiger charge is 2.48. The van der Waals surface area contributed by atoms with Crippen LogP contribution >= 0.6 is 0 Å². The Morgan fingerprint density at radius 1 is 0.632 bits per heavy atom. The van der Waals surface area contributed by atoms with Gasteiger partial charge in [0.05, 0.1) is 13.8 Å². The van der Waals surface area contributed by atoms with E-state index in [-0.39, 0.29) is 0 Å². The third-order valence-electron chi connectivity index (χ3n) is 8.12. The molecule has 6 rings (SSSR count). The number of nitrogens with zero attached hydrogens (tertiary/aromatic N) is 1. The molecule has 0 bridgehead atoms. The Kier molecular flexibility index (Phi) is 6.09. The summed E-state index contributed by atoms with van der Waals surface area (Å²) in [5.74, 6) is 0.480. The molecule has 0 aliphatic carbocycles. The van der Waals surface area contributed by atoms with Gasteiger partial charge in [0, 0.05) is 11.8 Å². The fourth-order valence-corrected chi connectivity index (χ4v) is 13.3. The zero-order valence-electron chi connectivity index (χ0n) is 23.0. The molecule has 0 radical (unpaired) electrons. The molecule has 0 atom stereocenters. The maximum absolute atomic E-state index is 5.01. The summed E-state index contributed by atoms with van der Waals surface area (Å²) in [6.45, 7) is 11.9. The van der Waals surface area contributed by atoms with Crippen LogP contribution in [0.25, 0.3) is 22.4 Å². The van der Waals surface area contributed by atoms with E-state index in [1.54, 1.807) is 0 Å². The molecule has 188 valence electrons. The molecule has 0 amide bonds. The minimum atomic E-state index is -2.43. The zero-order valence-corrected chi connectivity index (χ0v) is 25.0. The van der Waals surface area contributed by atoms with E-state index in [1.807, 2.05) is 0 Å². The van der Waals surface area contributed by atoms with E-state index < -0.39 is 16.1 Å². The first-order valence-corrected chi connectivity index (χ1v) is 19.2. The van der Waals surface area contributed by atoms with E-state index in [1.165, 1.54) is 48.2 Å². The van der Waals surface area contributed by atoms with Crippen LogP contribution in [0.5, 0.6) is 0 Å². The molecule has 5 aromatic rings. The van der Waals surface area contributed by atoms with Crippen molar-refractivity contribution in [1.82, 2.24) is 4.98 Å². The molecule has 1 aliphatic heterocycles. The summed E-state index contributed by atoms with van der Waals surface area (Å²) in [7, 11) is -3.96.